The number of thioether (sulfide) groups is 1. The van der Waals surface area contributed by atoms with Crippen molar-refractivity contribution in [3.63, 3.8) is 0 Å². The number of hydrogen-bond donors (Lipinski definition) is 1. The summed E-state index contributed by atoms with van der Waals surface area (Å²) < 4.78 is 18.3. The number of Topliss-reactive ketones (excluding diaryl/α,β-unsaturated/α-hetero) is 1. The second kappa shape index (κ2) is 7.56. The molecule has 2 rings (SSSR count). The van der Waals surface area contributed by atoms with Gasteiger partial charge in [-0.25, -0.2) is 14.2 Å². The van der Waals surface area contributed by atoms with Gasteiger partial charge >= 0.3 is 5.97 Å². The van der Waals surface area contributed by atoms with Crippen molar-refractivity contribution < 1.29 is 18.7 Å². The third-order valence-electron chi connectivity index (χ3n) is 2.80. The molecule has 1 aromatic carbocycles. The predicted molar refractivity (Wildman–Crippen MR) is 80.7 cm³/mol. The number of nitriles is 1. The number of ketones is 1. The van der Waals surface area contributed by atoms with E-state index in [0.717, 1.165) is 17.8 Å². The summed E-state index contributed by atoms with van der Waals surface area (Å²) in [5, 5.41) is 9.04. The maximum absolute atomic E-state index is 13.5. The van der Waals surface area contributed by atoms with Crippen LogP contribution in [0.2, 0.25) is 0 Å². The lowest BCUT2D eigenvalue weighted by Crippen LogP contribution is -2.05. The largest absolute Gasteiger partial charge is 0.461 e. The molecule has 0 spiro atoms. The summed E-state index contributed by atoms with van der Waals surface area (Å²) in [5.74, 6) is -1.55. The summed E-state index contributed by atoms with van der Waals surface area (Å²) in [6.45, 7) is 1.95. The SMILES string of the molecule is CCOC(=O)c1cnc(SCC(=O)c2ccc(C#N)c(F)c2)[nH]1. The lowest BCUT2D eigenvalue weighted by atomic mass is 10.1. The smallest absolute Gasteiger partial charge is 0.356 e. The molecule has 6 nitrogen and oxygen atoms in total. The minimum atomic E-state index is -0.731. The molecule has 0 saturated carbocycles. The highest BCUT2D eigenvalue weighted by molar-refractivity contribution is 7.99. The zero-order valence-corrected chi connectivity index (χ0v) is 12.9. The zero-order valence-electron chi connectivity index (χ0n) is 12.1. The van der Waals surface area contributed by atoms with Crippen LogP contribution in [0.4, 0.5) is 4.39 Å². The minimum Gasteiger partial charge on any atom is -0.461 e. The zero-order chi connectivity index (χ0) is 16.8. The first-order valence-corrected chi connectivity index (χ1v) is 7.61. The third kappa shape index (κ3) is 4.17. The first-order valence-electron chi connectivity index (χ1n) is 6.63. The number of benzene rings is 1. The number of hydrogen-bond acceptors (Lipinski definition) is 6. The highest BCUT2D eigenvalue weighted by atomic mass is 32.2. The van der Waals surface area contributed by atoms with Crippen LogP contribution in [0.15, 0.2) is 29.6 Å². The molecule has 0 radical (unpaired) electrons. The number of carbonyl (C=O) groups excluding carboxylic acids is 2. The molecule has 118 valence electrons. The molecule has 0 bridgehead atoms. The fourth-order valence-corrected chi connectivity index (χ4v) is 2.43. The molecule has 0 atom stereocenters. The first kappa shape index (κ1) is 16.7. The van der Waals surface area contributed by atoms with Crippen molar-refractivity contribution in [1.82, 2.24) is 9.97 Å². The Kier molecular flexibility index (Phi) is 5.49. The summed E-state index contributed by atoms with van der Waals surface area (Å²) in [5.41, 5.74) is 0.261. The molecular weight excluding hydrogens is 321 g/mol. The Hall–Kier alpha value is -2.66. The van der Waals surface area contributed by atoms with Crippen LogP contribution in [0.5, 0.6) is 0 Å². The average molecular weight is 333 g/mol. The van der Waals surface area contributed by atoms with Crippen molar-refractivity contribution in [2.45, 2.75) is 12.1 Å². The van der Waals surface area contributed by atoms with E-state index in [4.69, 9.17) is 10.00 Å². The van der Waals surface area contributed by atoms with E-state index in [1.165, 1.54) is 18.3 Å². The van der Waals surface area contributed by atoms with Crippen LogP contribution in [0.1, 0.15) is 33.3 Å². The fourth-order valence-electron chi connectivity index (χ4n) is 1.69. The quantitative estimate of drug-likeness (QED) is 0.496. The van der Waals surface area contributed by atoms with Gasteiger partial charge in [0.05, 0.1) is 24.1 Å². The van der Waals surface area contributed by atoms with E-state index in [0.29, 0.717) is 5.16 Å². The van der Waals surface area contributed by atoms with Crippen LogP contribution in [-0.4, -0.2) is 34.1 Å². The summed E-state index contributed by atoms with van der Waals surface area (Å²) in [4.78, 5) is 30.2. The van der Waals surface area contributed by atoms with Crippen LogP contribution >= 0.6 is 11.8 Å². The second-order valence-corrected chi connectivity index (χ2v) is 5.30. The van der Waals surface area contributed by atoms with Gasteiger partial charge in [0.25, 0.3) is 0 Å². The lowest BCUT2D eigenvalue weighted by Gasteiger charge is -2.01. The number of halogens is 1. The number of rotatable bonds is 6. The van der Waals surface area contributed by atoms with E-state index in [1.54, 1.807) is 13.0 Å². The Morgan fingerprint density at radius 1 is 1.48 bits per heavy atom. The van der Waals surface area contributed by atoms with Gasteiger partial charge < -0.3 is 9.72 Å². The van der Waals surface area contributed by atoms with Crippen molar-refractivity contribution in [3.8, 4) is 6.07 Å². The molecule has 2 aromatic rings. The number of nitrogens with one attached hydrogen (secondary N) is 1. The predicted octanol–water partition coefficient (Wildman–Crippen LogP) is 2.57. The van der Waals surface area contributed by atoms with Crippen LogP contribution in [-0.2, 0) is 4.74 Å². The molecule has 0 saturated heterocycles. The molecule has 0 unspecified atom stereocenters. The van der Waals surface area contributed by atoms with Gasteiger partial charge in [0, 0.05) is 5.56 Å². The van der Waals surface area contributed by atoms with Crippen molar-refractivity contribution in [1.29, 1.82) is 5.26 Å². The number of ether oxygens (including phenoxy) is 1. The summed E-state index contributed by atoms with van der Waals surface area (Å²) in [7, 11) is 0. The second-order valence-electron chi connectivity index (χ2n) is 4.34. The lowest BCUT2D eigenvalue weighted by molar-refractivity contribution is 0.0519. The van der Waals surface area contributed by atoms with Crippen LogP contribution in [0, 0.1) is 17.1 Å². The first-order chi connectivity index (χ1) is 11.0. The van der Waals surface area contributed by atoms with Gasteiger partial charge in [0.1, 0.15) is 17.6 Å². The van der Waals surface area contributed by atoms with E-state index in [2.05, 4.69) is 9.97 Å². The third-order valence-corrected chi connectivity index (χ3v) is 3.69. The maximum Gasteiger partial charge on any atom is 0.356 e. The Morgan fingerprint density at radius 2 is 2.26 bits per heavy atom. The molecule has 1 N–H and O–H groups in total. The van der Waals surface area contributed by atoms with Crippen molar-refractivity contribution in [2.24, 2.45) is 0 Å². The van der Waals surface area contributed by atoms with E-state index >= 15 is 0 Å². The van der Waals surface area contributed by atoms with E-state index in [1.807, 2.05) is 0 Å². The molecule has 0 aliphatic carbocycles. The van der Waals surface area contributed by atoms with Gasteiger partial charge in [-0.1, -0.05) is 11.8 Å². The van der Waals surface area contributed by atoms with Crippen LogP contribution < -0.4 is 0 Å². The van der Waals surface area contributed by atoms with Gasteiger partial charge in [0.15, 0.2) is 10.9 Å². The van der Waals surface area contributed by atoms with Crippen LogP contribution in [0.25, 0.3) is 0 Å². The Bertz CT molecular complexity index is 783. The number of nitrogens with zero attached hydrogens (tertiary/aromatic N) is 2. The van der Waals surface area contributed by atoms with E-state index in [9.17, 15) is 14.0 Å². The van der Waals surface area contributed by atoms with E-state index < -0.39 is 11.8 Å². The standard InChI is InChI=1S/C15H12FN3O3S/c1-2-22-14(21)12-7-18-15(19-12)23-8-13(20)9-3-4-10(6-17)11(16)5-9/h3-5,7H,2,8H2,1H3,(H,18,19). The molecule has 0 fully saturated rings. The normalized spacial score (nSPS) is 10.1. The van der Waals surface area contributed by atoms with Gasteiger partial charge in [-0.3, -0.25) is 4.79 Å². The number of H-pyrrole nitrogens is 1. The van der Waals surface area contributed by atoms with Gasteiger partial charge in [0.2, 0.25) is 0 Å². The summed E-state index contributed by atoms with van der Waals surface area (Å²) in [6, 6.07) is 5.39. The maximum atomic E-state index is 13.5. The number of aromatic amines is 1. The minimum absolute atomic E-state index is 0.0150. The van der Waals surface area contributed by atoms with Gasteiger partial charge in [-0.2, -0.15) is 5.26 Å². The number of aromatic nitrogens is 2. The number of carbonyl (C=O) groups is 2. The van der Waals surface area contributed by atoms with Crippen LogP contribution in [0.3, 0.4) is 0 Å². The van der Waals surface area contributed by atoms with Crippen molar-refractivity contribution in [3.05, 3.63) is 47.0 Å². The van der Waals surface area contributed by atoms with E-state index in [-0.39, 0.29) is 35.0 Å². The highest BCUT2D eigenvalue weighted by Gasteiger charge is 2.14. The van der Waals surface area contributed by atoms with Crippen molar-refractivity contribution >= 4 is 23.5 Å². The Balaban J connectivity index is 1.98. The average Bonchev–Trinajstić information content (AvgIpc) is 3.02. The molecule has 0 aliphatic heterocycles. The number of imidazole rings is 1. The molecule has 23 heavy (non-hydrogen) atoms. The highest BCUT2D eigenvalue weighted by Crippen LogP contribution is 2.17. The van der Waals surface area contributed by atoms with Crippen molar-refractivity contribution in [2.75, 3.05) is 12.4 Å². The molecule has 0 aliphatic rings. The summed E-state index contributed by atoms with van der Waals surface area (Å²) >= 11 is 1.08. The molecule has 1 aromatic heterocycles. The monoisotopic (exact) mass is 333 g/mol. The molecular formula is C15H12FN3O3S. The summed E-state index contributed by atoms with van der Waals surface area (Å²) in [6.07, 6.45) is 1.33. The van der Waals surface area contributed by atoms with Gasteiger partial charge in [-0.15, -0.1) is 0 Å². The number of esters is 1. The topological polar surface area (TPSA) is 95.8 Å². The fraction of sp³-hybridized carbons (Fsp3) is 0.200. The Morgan fingerprint density at radius 3 is 2.91 bits per heavy atom. The molecule has 1 heterocycles. The molecule has 0 amide bonds. The van der Waals surface area contributed by atoms with Gasteiger partial charge in [-0.05, 0) is 25.1 Å². The molecule has 8 heteroatoms. The Labute approximate surface area is 135 Å².